The van der Waals surface area contributed by atoms with Crippen LogP contribution in [-0.4, -0.2) is 45.2 Å². The predicted octanol–water partition coefficient (Wildman–Crippen LogP) is 0.0507. The molecule has 1 atom stereocenters. The lowest BCUT2D eigenvalue weighted by Crippen LogP contribution is -2.61. The summed E-state index contributed by atoms with van der Waals surface area (Å²) in [5.74, 6) is -5.12. The molecular formula is C12H12FN3O4S. The van der Waals surface area contributed by atoms with Gasteiger partial charge < -0.3 is 10.8 Å². The fraction of sp³-hybridized carbons (Fsp3) is 0.417. The van der Waals surface area contributed by atoms with E-state index in [1.165, 1.54) is 16.7 Å². The molecule has 9 heteroatoms. The van der Waals surface area contributed by atoms with Crippen molar-refractivity contribution in [2.45, 2.75) is 25.2 Å². The second kappa shape index (κ2) is 4.50. The van der Waals surface area contributed by atoms with Crippen molar-refractivity contribution in [2.24, 2.45) is 0 Å². The first-order chi connectivity index (χ1) is 9.90. The van der Waals surface area contributed by atoms with E-state index in [2.05, 4.69) is 0 Å². The number of nitrogens with two attached hydrogens (primary N) is 1. The topological polar surface area (TPSA) is 104 Å². The normalized spacial score (nSPS) is 25.7. The zero-order valence-electron chi connectivity index (χ0n) is 10.8. The highest BCUT2D eigenvalue weighted by molar-refractivity contribution is 7.14. The summed E-state index contributed by atoms with van der Waals surface area (Å²) in [6, 6.07) is 0. The predicted molar refractivity (Wildman–Crippen MR) is 70.6 cm³/mol. The highest BCUT2D eigenvalue weighted by atomic mass is 32.1. The van der Waals surface area contributed by atoms with E-state index in [4.69, 9.17) is 10.8 Å². The average Bonchev–Trinajstić information content (AvgIpc) is 2.97. The number of nitrogen functional groups attached to an aromatic ring is 1. The van der Waals surface area contributed by atoms with Crippen molar-refractivity contribution >= 4 is 34.1 Å². The summed E-state index contributed by atoms with van der Waals surface area (Å²) in [5.41, 5.74) is 6.52. The van der Waals surface area contributed by atoms with Crippen LogP contribution in [0.4, 0.5) is 9.39 Å². The van der Waals surface area contributed by atoms with E-state index in [9.17, 15) is 14.4 Å². The van der Waals surface area contributed by atoms with Crippen molar-refractivity contribution in [1.29, 1.82) is 0 Å². The lowest BCUT2D eigenvalue weighted by molar-refractivity contribution is -0.174. The average molecular weight is 313 g/mol. The molecule has 1 saturated heterocycles. The minimum atomic E-state index is -2.63. The van der Waals surface area contributed by atoms with Crippen LogP contribution in [0.25, 0.3) is 0 Å². The van der Waals surface area contributed by atoms with Gasteiger partial charge in [-0.15, -0.1) is 11.3 Å². The minimum absolute atomic E-state index is 0.112. The van der Waals surface area contributed by atoms with E-state index < -0.39 is 36.7 Å². The number of imide groups is 1. The van der Waals surface area contributed by atoms with E-state index in [0.29, 0.717) is 15.5 Å². The molecule has 0 bridgehead atoms. The number of anilines is 1. The molecule has 0 aliphatic carbocycles. The van der Waals surface area contributed by atoms with E-state index in [-0.39, 0.29) is 18.5 Å². The van der Waals surface area contributed by atoms with E-state index in [1.54, 1.807) is 0 Å². The van der Waals surface area contributed by atoms with E-state index >= 15 is 4.39 Å². The smallest absolute Gasteiger partial charge is 0.289 e. The van der Waals surface area contributed by atoms with Gasteiger partial charge in [0.1, 0.15) is 6.73 Å². The fourth-order valence-electron chi connectivity index (χ4n) is 2.63. The standard InChI is InChI=1S/C12H12FN3O4S/c13-12(2-1-8(18)15(5-17)11(12)20)16-3-6-7(10(16)19)4-21-9(6)14/h4,17H,1-3,5,14H2/t12-/m0/s1. The van der Waals surface area contributed by atoms with Crippen molar-refractivity contribution < 1.29 is 23.9 Å². The number of halogens is 1. The van der Waals surface area contributed by atoms with Crippen molar-refractivity contribution in [2.75, 3.05) is 12.5 Å². The summed E-state index contributed by atoms with van der Waals surface area (Å²) < 4.78 is 15.1. The van der Waals surface area contributed by atoms with Gasteiger partial charge in [-0.05, 0) is 0 Å². The van der Waals surface area contributed by atoms with Gasteiger partial charge >= 0.3 is 0 Å². The lowest BCUT2D eigenvalue weighted by Gasteiger charge is -2.39. The molecule has 3 rings (SSSR count). The molecule has 1 aromatic rings. The van der Waals surface area contributed by atoms with Gasteiger partial charge in [-0.1, -0.05) is 0 Å². The number of amides is 3. The molecule has 2 aliphatic heterocycles. The molecule has 7 nitrogen and oxygen atoms in total. The number of carbonyl (C=O) groups excluding carboxylic acids is 3. The van der Waals surface area contributed by atoms with Crippen LogP contribution in [0.2, 0.25) is 0 Å². The van der Waals surface area contributed by atoms with Crippen molar-refractivity contribution in [1.82, 2.24) is 9.80 Å². The Balaban J connectivity index is 1.95. The quantitative estimate of drug-likeness (QED) is 0.593. The van der Waals surface area contributed by atoms with Gasteiger partial charge in [0, 0.05) is 23.8 Å². The Morgan fingerprint density at radius 3 is 2.76 bits per heavy atom. The zero-order chi connectivity index (χ0) is 15.4. The largest absolute Gasteiger partial charge is 0.390 e. The summed E-state index contributed by atoms with van der Waals surface area (Å²) in [4.78, 5) is 37.1. The van der Waals surface area contributed by atoms with Crippen LogP contribution in [0.5, 0.6) is 0 Å². The van der Waals surface area contributed by atoms with Crippen LogP contribution in [0, 0.1) is 0 Å². The number of thiophene rings is 1. The van der Waals surface area contributed by atoms with Gasteiger partial charge in [-0.2, -0.15) is 0 Å². The van der Waals surface area contributed by atoms with Gasteiger partial charge in [-0.3, -0.25) is 24.2 Å². The number of carbonyl (C=O) groups is 3. The molecule has 1 fully saturated rings. The molecule has 0 saturated carbocycles. The Kier molecular flexibility index (Phi) is 2.99. The highest BCUT2D eigenvalue weighted by Crippen LogP contribution is 2.40. The number of fused-ring (bicyclic) bond motifs is 1. The van der Waals surface area contributed by atoms with Crippen LogP contribution in [0.1, 0.15) is 28.8 Å². The third kappa shape index (κ3) is 1.77. The Morgan fingerprint density at radius 1 is 1.43 bits per heavy atom. The molecule has 21 heavy (non-hydrogen) atoms. The molecule has 0 unspecified atom stereocenters. The number of piperidine rings is 1. The molecule has 0 radical (unpaired) electrons. The summed E-state index contributed by atoms with van der Waals surface area (Å²) in [6.07, 6.45) is -0.671. The fourth-order valence-corrected chi connectivity index (χ4v) is 3.43. The van der Waals surface area contributed by atoms with Crippen LogP contribution in [0.15, 0.2) is 5.38 Å². The molecule has 0 spiro atoms. The molecule has 112 valence electrons. The first-order valence-corrected chi connectivity index (χ1v) is 7.10. The number of nitrogens with zero attached hydrogens (tertiary/aromatic N) is 2. The number of hydrogen-bond acceptors (Lipinski definition) is 6. The van der Waals surface area contributed by atoms with E-state index in [0.717, 1.165) is 4.90 Å². The maximum atomic E-state index is 15.1. The zero-order valence-corrected chi connectivity index (χ0v) is 11.7. The molecule has 2 aliphatic rings. The summed E-state index contributed by atoms with van der Waals surface area (Å²) in [6.45, 7) is -1.02. The molecule has 3 heterocycles. The third-order valence-electron chi connectivity index (χ3n) is 3.83. The number of rotatable bonds is 2. The molecule has 0 aromatic carbocycles. The Hall–Kier alpha value is -2.00. The molecule has 3 amide bonds. The summed E-state index contributed by atoms with van der Waals surface area (Å²) in [7, 11) is 0. The van der Waals surface area contributed by atoms with Crippen LogP contribution < -0.4 is 5.73 Å². The Labute approximate surface area is 122 Å². The molecule has 3 N–H and O–H groups in total. The monoisotopic (exact) mass is 313 g/mol. The van der Waals surface area contributed by atoms with Crippen LogP contribution >= 0.6 is 11.3 Å². The number of aliphatic hydroxyl groups is 1. The lowest BCUT2D eigenvalue weighted by atomic mass is 10.00. The molecule has 1 aromatic heterocycles. The van der Waals surface area contributed by atoms with Crippen molar-refractivity contribution in [3.8, 4) is 0 Å². The second-order valence-corrected chi connectivity index (χ2v) is 5.82. The minimum Gasteiger partial charge on any atom is -0.390 e. The van der Waals surface area contributed by atoms with Crippen molar-refractivity contribution in [3.05, 3.63) is 16.5 Å². The van der Waals surface area contributed by atoms with Crippen molar-refractivity contribution in [3.63, 3.8) is 0 Å². The number of aliphatic hydroxyl groups excluding tert-OH is 1. The molecular weight excluding hydrogens is 301 g/mol. The van der Waals surface area contributed by atoms with Crippen LogP contribution in [-0.2, 0) is 16.1 Å². The third-order valence-corrected chi connectivity index (χ3v) is 4.69. The van der Waals surface area contributed by atoms with Gasteiger partial charge in [0.05, 0.1) is 17.1 Å². The van der Waals surface area contributed by atoms with E-state index in [1.807, 2.05) is 0 Å². The highest BCUT2D eigenvalue weighted by Gasteiger charge is 2.55. The summed E-state index contributed by atoms with van der Waals surface area (Å²) in [5, 5.41) is 11.0. The van der Waals surface area contributed by atoms with Gasteiger partial charge in [0.25, 0.3) is 17.6 Å². The summed E-state index contributed by atoms with van der Waals surface area (Å²) >= 11 is 1.18. The van der Waals surface area contributed by atoms with Gasteiger partial charge in [0.2, 0.25) is 5.91 Å². The first-order valence-electron chi connectivity index (χ1n) is 6.22. The Morgan fingerprint density at radius 2 is 2.14 bits per heavy atom. The van der Waals surface area contributed by atoms with Crippen LogP contribution in [0.3, 0.4) is 0 Å². The maximum Gasteiger partial charge on any atom is 0.289 e. The number of hydrogen-bond donors (Lipinski definition) is 2. The number of alkyl halides is 1. The van der Waals surface area contributed by atoms with Gasteiger partial charge in [-0.25, -0.2) is 4.39 Å². The second-order valence-electron chi connectivity index (χ2n) is 4.91. The van der Waals surface area contributed by atoms with Gasteiger partial charge in [0.15, 0.2) is 0 Å². The first kappa shape index (κ1) is 14.0. The number of likely N-dealkylation sites (tertiary alicyclic amines) is 1. The maximum absolute atomic E-state index is 15.1. The SMILES string of the molecule is Nc1scc2c1CN([C@@]1(F)CCC(=O)N(CO)C1=O)C2=O. The Bertz CT molecular complexity index is 661.